The summed E-state index contributed by atoms with van der Waals surface area (Å²) < 4.78 is 26.9. The molecule has 0 saturated carbocycles. The number of carboxylic acid groups (broad SMARTS) is 2. The molecular weight excluding hydrogens is 210 g/mol. The second-order valence-electron chi connectivity index (χ2n) is 3.17. The van der Waals surface area contributed by atoms with E-state index in [0.29, 0.717) is 6.08 Å². The summed E-state index contributed by atoms with van der Waals surface area (Å²) in [5.74, 6) is -3.70. The van der Waals surface area contributed by atoms with Crippen molar-refractivity contribution in [1.82, 2.24) is 0 Å². The summed E-state index contributed by atoms with van der Waals surface area (Å²) in [6, 6.07) is 0. The van der Waals surface area contributed by atoms with Crippen LogP contribution in [0.1, 0.15) is 6.92 Å². The number of hydrogen-bond acceptors (Lipinski definition) is 2. The van der Waals surface area contributed by atoms with Crippen molar-refractivity contribution in [3.05, 3.63) is 23.3 Å². The van der Waals surface area contributed by atoms with E-state index in [4.69, 9.17) is 10.2 Å². The van der Waals surface area contributed by atoms with Crippen molar-refractivity contribution in [3.63, 3.8) is 0 Å². The highest BCUT2D eigenvalue weighted by Gasteiger charge is 2.51. The lowest BCUT2D eigenvalue weighted by molar-refractivity contribution is -0.151. The predicted octanol–water partition coefficient (Wildman–Crippen LogP) is 1.09. The zero-order valence-corrected chi connectivity index (χ0v) is 7.70. The van der Waals surface area contributed by atoms with E-state index in [1.54, 1.807) is 0 Å². The van der Waals surface area contributed by atoms with Crippen molar-refractivity contribution in [2.45, 2.75) is 18.8 Å². The van der Waals surface area contributed by atoms with Crippen LogP contribution in [0.3, 0.4) is 0 Å². The molecule has 0 saturated heterocycles. The molecule has 82 valence electrons. The van der Waals surface area contributed by atoms with Gasteiger partial charge in [0, 0.05) is 0 Å². The number of carbonyl (C=O) groups is 2. The summed E-state index contributed by atoms with van der Waals surface area (Å²) in [5, 5.41) is 17.1. The minimum atomic E-state index is -3.30. The second kappa shape index (κ2) is 3.45. The lowest BCUT2D eigenvalue weighted by Crippen LogP contribution is -2.45. The van der Waals surface area contributed by atoms with E-state index in [9.17, 15) is 18.4 Å². The first-order valence-electron chi connectivity index (χ1n) is 4.00. The fraction of sp³-hybridized carbons (Fsp3) is 0.333. The number of hydrogen-bond donors (Lipinski definition) is 2. The van der Waals surface area contributed by atoms with Crippen LogP contribution in [0.25, 0.3) is 0 Å². The van der Waals surface area contributed by atoms with Gasteiger partial charge in [0.1, 0.15) is 0 Å². The van der Waals surface area contributed by atoms with E-state index in [-0.39, 0.29) is 5.57 Å². The minimum absolute atomic E-state index is 0.00419. The lowest BCUT2D eigenvalue weighted by Gasteiger charge is -2.25. The molecular formula is C9H8F2O4. The molecule has 0 aromatic rings. The highest BCUT2D eigenvalue weighted by molar-refractivity contribution is 5.94. The smallest absolute Gasteiger partial charge is 0.349 e. The average molecular weight is 218 g/mol. The number of halogens is 2. The molecule has 0 fully saturated rings. The van der Waals surface area contributed by atoms with Crippen LogP contribution in [0.2, 0.25) is 0 Å². The van der Waals surface area contributed by atoms with E-state index in [1.165, 1.54) is 6.92 Å². The highest BCUT2D eigenvalue weighted by Crippen LogP contribution is 2.33. The molecule has 2 unspecified atom stereocenters. The topological polar surface area (TPSA) is 74.6 Å². The van der Waals surface area contributed by atoms with Gasteiger partial charge in [0.15, 0.2) is 6.17 Å². The standard InChI is InChI=1S/C9H8F2O4/c1-4-2-3-9(11,8(14)15)6(10)5(4)7(12)13/h2-3,6H,1H3,(H,12,13)(H,14,15). The molecule has 0 bridgehead atoms. The van der Waals surface area contributed by atoms with Crippen molar-refractivity contribution in [3.8, 4) is 0 Å². The van der Waals surface area contributed by atoms with Crippen LogP contribution < -0.4 is 0 Å². The maximum Gasteiger partial charge on any atom is 0.349 e. The summed E-state index contributed by atoms with van der Waals surface area (Å²) in [5.41, 5.74) is -4.15. The first kappa shape index (κ1) is 11.4. The van der Waals surface area contributed by atoms with Crippen LogP contribution in [-0.2, 0) is 9.59 Å². The van der Waals surface area contributed by atoms with Crippen LogP contribution in [0, 0.1) is 0 Å². The summed E-state index contributed by atoms with van der Waals surface area (Å²) >= 11 is 0. The van der Waals surface area contributed by atoms with E-state index in [2.05, 4.69) is 0 Å². The van der Waals surface area contributed by atoms with Crippen molar-refractivity contribution in [2.24, 2.45) is 0 Å². The number of alkyl halides is 2. The Morgan fingerprint density at radius 2 is 2.00 bits per heavy atom. The lowest BCUT2D eigenvalue weighted by atomic mass is 9.86. The van der Waals surface area contributed by atoms with E-state index >= 15 is 0 Å². The summed E-state index contributed by atoms with van der Waals surface area (Å²) in [6.07, 6.45) is -1.23. The average Bonchev–Trinajstić information content (AvgIpc) is 2.11. The Labute approximate surface area is 83.5 Å². The largest absolute Gasteiger partial charge is 0.479 e. The molecule has 2 atom stereocenters. The van der Waals surface area contributed by atoms with Crippen LogP contribution in [0.15, 0.2) is 23.3 Å². The molecule has 6 heteroatoms. The monoisotopic (exact) mass is 218 g/mol. The first-order chi connectivity index (χ1) is 6.80. The minimum Gasteiger partial charge on any atom is -0.479 e. The molecule has 0 aromatic carbocycles. The van der Waals surface area contributed by atoms with Gasteiger partial charge in [0.05, 0.1) is 5.57 Å². The van der Waals surface area contributed by atoms with Crippen LogP contribution in [0.5, 0.6) is 0 Å². The Bertz CT molecular complexity index is 386. The van der Waals surface area contributed by atoms with E-state index in [1.807, 2.05) is 0 Å². The normalized spacial score (nSPS) is 30.5. The number of carboxylic acids is 2. The highest BCUT2D eigenvalue weighted by atomic mass is 19.2. The van der Waals surface area contributed by atoms with Gasteiger partial charge in [-0.2, -0.15) is 0 Å². The summed E-state index contributed by atoms with van der Waals surface area (Å²) in [7, 11) is 0. The van der Waals surface area contributed by atoms with Crippen molar-refractivity contribution >= 4 is 11.9 Å². The number of allylic oxidation sites excluding steroid dienone is 2. The van der Waals surface area contributed by atoms with Crippen LogP contribution >= 0.6 is 0 Å². The van der Waals surface area contributed by atoms with E-state index < -0.39 is 29.4 Å². The van der Waals surface area contributed by atoms with Gasteiger partial charge in [0.25, 0.3) is 5.67 Å². The Hall–Kier alpha value is -1.72. The van der Waals surface area contributed by atoms with Crippen molar-refractivity contribution in [2.75, 3.05) is 0 Å². The third kappa shape index (κ3) is 1.62. The van der Waals surface area contributed by atoms with Gasteiger partial charge >= 0.3 is 11.9 Å². The summed E-state index contributed by atoms with van der Waals surface area (Å²) in [4.78, 5) is 21.1. The fourth-order valence-corrected chi connectivity index (χ4v) is 1.29. The Balaban J connectivity index is 3.26. The second-order valence-corrected chi connectivity index (χ2v) is 3.17. The Kier molecular flexibility index (Phi) is 2.61. The van der Waals surface area contributed by atoms with E-state index in [0.717, 1.165) is 6.08 Å². The SMILES string of the molecule is CC1=C(C(=O)O)C(F)C(F)(C(=O)O)C=C1. The molecule has 0 amide bonds. The maximum atomic E-state index is 13.5. The third-order valence-corrected chi connectivity index (χ3v) is 2.18. The molecule has 0 radical (unpaired) electrons. The van der Waals surface area contributed by atoms with Gasteiger partial charge in [-0.25, -0.2) is 18.4 Å². The molecule has 2 N–H and O–H groups in total. The fourth-order valence-electron chi connectivity index (χ4n) is 1.29. The molecule has 0 aromatic heterocycles. The van der Waals surface area contributed by atoms with Gasteiger partial charge < -0.3 is 10.2 Å². The molecule has 0 spiro atoms. The zero-order chi connectivity index (χ0) is 11.8. The van der Waals surface area contributed by atoms with Gasteiger partial charge in [-0.05, 0) is 18.6 Å². The molecule has 4 nitrogen and oxygen atoms in total. The van der Waals surface area contributed by atoms with Crippen LogP contribution in [0.4, 0.5) is 8.78 Å². The molecule has 1 rings (SSSR count). The predicted molar refractivity (Wildman–Crippen MR) is 45.8 cm³/mol. The number of aliphatic carboxylic acids is 2. The first-order valence-corrected chi connectivity index (χ1v) is 4.00. The number of rotatable bonds is 2. The summed E-state index contributed by atoms with van der Waals surface area (Å²) in [6.45, 7) is 1.27. The van der Waals surface area contributed by atoms with Crippen molar-refractivity contribution in [1.29, 1.82) is 0 Å². The molecule has 0 aliphatic heterocycles. The third-order valence-electron chi connectivity index (χ3n) is 2.18. The molecule has 1 aliphatic carbocycles. The molecule has 15 heavy (non-hydrogen) atoms. The van der Waals surface area contributed by atoms with Gasteiger partial charge in [0.2, 0.25) is 0 Å². The van der Waals surface area contributed by atoms with Gasteiger partial charge in [-0.15, -0.1) is 0 Å². The molecule has 0 heterocycles. The molecule has 1 aliphatic rings. The maximum absolute atomic E-state index is 13.5. The van der Waals surface area contributed by atoms with Crippen LogP contribution in [-0.4, -0.2) is 34.0 Å². The van der Waals surface area contributed by atoms with Crippen molar-refractivity contribution < 1.29 is 28.6 Å². The quantitative estimate of drug-likeness (QED) is 0.727. The van der Waals surface area contributed by atoms with Gasteiger partial charge in [-0.1, -0.05) is 6.08 Å². The van der Waals surface area contributed by atoms with Gasteiger partial charge in [-0.3, -0.25) is 0 Å². The Morgan fingerprint density at radius 3 is 2.40 bits per heavy atom. The zero-order valence-electron chi connectivity index (χ0n) is 7.70. The Morgan fingerprint density at radius 1 is 1.47 bits per heavy atom.